The highest BCUT2D eigenvalue weighted by molar-refractivity contribution is 7.92. The smallest absolute Gasteiger partial charge is 0.321 e. The molecule has 3 aromatic rings. The summed E-state index contributed by atoms with van der Waals surface area (Å²) in [5.41, 5.74) is 2.75. The predicted octanol–water partition coefficient (Wildman–Crippen LogP) is 2.97. The molecule has 8 nitrogen and oxygen atoms in total. The van der Waals surface area contributed by atoms with Gasteiger partial charge in [-0.1, -0.05) is 11.6 Å². The lowest BCUT2D eigenvalue weighted by Crippen LogP contribution is -2.28. The summed E-state index contributed by atoms with van der Waals surface area (Å²) in [5.74, 6) is -1.93. The number of rotatable bonds is 6. The summed E-state index contributed by atoms with van der Waals surface area (Å²) in [6.07, 6.45) is 1.16. The second-order valence-corrected chi connectivity index (χ2v) is 9.61. The fourth-order valence-electron chi connectivity index (χ4n) is 3.21. The Morgan fingerprint density at radius 2 is 1.97 bits per heavy atom. The van der Waals surface area contributed by atoms with E-state index in [1.807, 2.05) is 19.1 Å². The highest BCUT2D eigenvalue weighted by Gasteiger charge is 2.22. The average Bonchev–Trinajstić information content (AvgIpc) is 3.04. The van der Waals surface area contributed by atoms with Crippen LogP contribution < -0.4 is 5.32 Å². The van der Waals surface area contributed by atoms with E-state index in [-0.39, 0.29) is 10.8 Å². The van der Waals surface area contributed by atoms with Crippen LogP contribution in [0.1, 0.15) is 34.7 Å². The van der Waals surface area contributed by atoms with E-state index in [9.17, 15) is 18.0 Å². The van der Waals surface area contributed by atoms with Gasteiger partial charge in [0.1, 0.15) is 5.69 Å². The first kappa shape index (κ1) is 22.8. The third kappa shape index (κ3) is 4.72. The number of aromatic nitrogens is 2. The number of hydrogen-bond donors (Lipinski definition) is 1. The van der Waals surface area contributed by atoms with E-state index in [1.54, 1.807) is 24.6 Å². The van der Waals surface area contributed by atoms with Gasteiger partial charge in [-0.2, -0.15) is 0 Å². The number of hydrogen-bond acceptors (Lipinski definition) is 6. The second-order valence-electron chi connectivity index (χ2n) is 7.22. The third-order valence-corrected chi connectivity index (χ3v) is 6.82. The average molecular weight is 464 g/mol. The first-order valence-electron chi connectivity index (χ1n) is 9.35. The zero-order valence-electron chi connectivity index (χ0n) is 17.5. The van der Waals surface area contributed by atoms with Gasteiger partial charge in [-0.25, -0.2) is 8.42 Å². The molecule has 1 N–H and O–H groups in total. The van der Waals surface area contributed by atoms with Crippen molar-refractivity contribution in [3.05, 3.63) is 58.5 Å². The normalized spacial score (nSPS) is 12.5. The lowest BCUT2D eigenvalue weighted by molar-refractivity contribution is -0.137. The second kappa shape index (κ2) is 8.68. The van der Waals surface area contributed by atoms with Gasteiger partial charge in [0.25, 0.3) is 5.91 Å². The monoisotopic (exact) mass is 463 g/mol. The fourth-order valence-corrected chi connectivity index (χ4v) is 4.62. The molecule has 2 aromatic heterocycles. The van der Waals surface area contributed by atoms with E-state index in [0.29, 0.717) is 16.4 Å². The van der Waals surface area contributed by atoms with Gasteiger partial charge in [0, 0.05) is 18.6 Å². The number of fused-ring (bicyclic) bond motifs is 1. The summed E-state index contributed by atoms with van der Waals surface area (Å²) in [7, 11) is -0.940. The number of nitrogens with zero attached hydrogens (tertiary/aromatic N) is 2. The zero-order chi connectivity index (χ0) is 22.9. The Hall–Kier alpha value is -2.91. The van der Waals surface area contributed by atoms with Gasteiger partial charge in [-0.15, -0.1) is 0 Å². The van der Waals surface area contributed by atoms with Crippen molar-refractivity contribution < 1.29 is 22.7 Å². The van der Waals surface area contributed by atoms with Gasteiger partial charge >= 0.3 is 5.97 Å². The lowest BCUT2D eigenvalue weighted by Gasteiger charge is -2.14. The van der Waals surface area contributed by atoms with Crippen LogP contribution in [0.3, 0.4) is 0 Å². The van der Waals surface area contributed by atoms with E-state index in [1.165, 1.54) is 12.1 Å². The first-order valence-corrected chi connectivity index (χ1v) is 11.4. The summed E-state index contributed by atoms with van der Waals surface area (Å²) in [6, 6.07) is 7.89. The molecule has 1 amide bonds. The number of sulfone groups is 1. The van der Waals surface area contributed by atoms with Gasteiger partial charge in [-0.3, -0.25) is 14.6 Å². The van der Waals surface area contributed by atoms with Crippen molar-refractivity contribution >= 4 is 44.2 Å². The number of esters is 1. The number of halogens is 1. The molecule has 2 heterocycles. The van der Waals surface area contributed by atoms with Crippen molar-refractivity contribution in [2.45, 2.75) is 24.8 Å². The summed E-state index contributed by atoms with van der Waals surface area (Å²) < 4.78 is 30.6. The Kier molecular flexibility index (Phi) is 6.38. The van der Waals surface area contributed by atoms with Crippen LogP contribution in [0, 0.1) is 6.92 Å². The van der Waals surface area contributed by atoms with Crippen LogP contribution in [0.5, 0.6) is 0 Å². The number of pyridine rings is 1. The molecule has 0 radical (unpaired) electrons. The number of carbonyl (C=O) groups excluding carboxylic acids is 2. The maximum atomic E-state index is 12.8. The van der Waals surface area contributed by atoms with E-state index >= 15 is 0 Å². The van der Waals surface area contributed by atoms with Gasteiger partial charge in [-0.05, 0) is 49.7 Å². The Morgan fingerprint density at radius 3 is 2.58 bits per heavy atom. The Balaban J connectivity index is 1.79. The van der Waals surface area contributed by atoms with Crippen LogP contribution >= 0.6 is 11.6 Å². The van der Waals surface area contributed by atoms with Crippen molar-refractivity contribution in [2.24, 2.45) is 7.05 Å². The van der Waals surface area contributed by atoms with Crippen LogP contribution in [-0.2, 0) is 26.4 Å². The maximum absolute atomic E-state index is 12.8. The molecule has 0 unspecified atom stereocenters. The lowest BCUT2D eigenvalue weighted by atomic mass is 10.2. The molecule has 0 aliphatic heterocycles. The molecule has 0 saturated heterocycles. The van der Waals surface area contributed by atoms with Crippen molar-refractivity contribution in [1.82, 2.24) is 14.9 Å². The Labute approximate surface area is 185 Å². The van der Waals surface area contributed by atoms with E-state index < -0.39 is 27.6 Å². The fraction of sp³-hybridized carbons (Fsp3) is 0.286. The van der Waals surface area contributed by atoms with E-state index in [0.717, 1.165) is 29.8 Å². The van der Waals surface area contributed by atoms with E-state index in [2.05, 4.69) is 15.0 Å². The van der Waals surface area contributed by atoms with Crippen LogP contribution in [0.2, 0.25) is 5.02 Å². The van der Waals surface area contributed by atoms with Crippen LogP contribution in [0.15, 0.2) is 41.4 Å². The molecule has 0 bridgehead atoms. The molecule has 164 valence electrons. The highest BCUT2D eigenvalue weighted by Crippen LogP contribution is 2.28. The zero-order valence-corrected chi connectivity index (χ0v) is 19.0. The van der Waals surface area contributed by atoms with Crippen LogP contribution in [-0.4, -0.2) is 42.7 Å². The number of nitrogens with one attached hydrogen (secondary N) is 1. The van der Waals surface area contributed by atoms with Crippen molar-refractivity contribution in [3.63, 3.8) is 0 Å². The molecule has 0 fully saturated rings. The SMILES string of the molecule is COC(=O)CS(=O)(=O)c1ccc([C@@H](C)NC(=O)c2cc3c(Cl)cc(C)cc3n2C)nc1. The van der Waals surface area contributed by atoms with E-state index in [4.69, 9.17) is 11.6 Å². The Morgan fingerprint density at radius 1 is 1.26 bits per heavy atom. The molecule has 0 aliphatic carbocycles. The largest absolute Gasteiger partial charge is 0.468 e. The van der Waals surface area contributed by atoms with Crippen LogP contribution in [0.4, 0.5) is 0 Å². The number of ether oxygens (including phenoxy) is 1. The number of carbonyl (C=O) groups is 2. The molecule has 3 rings (SSSR count). The van der Waals surface area contributed by atoms with Gasteiger partial charge in [0.15, 0.2) is 15.6 Å². The minimum Gasteiger partial charge on any atom is -0.468 e. The maximum Gasteiger partial charge on any atom is 0.321 e. The molecule has 0 saturated carbocycles. The van der Waals surface area contributed by atoms with Crippen LogP contribution in [0.25, 0.3) is 10.9 Å². The summed E-state index contributed by atoms with van der Waals surface area (Å²) in [5, 5.41) is 4.21. The standard InChI is InChI=1S/C21H22ClN3O5S/c1-12-7-16(22)15-9-19(25(3)18(15)8-12)21(27)24-13(2)17-6-5-14(10-23-17)31(28,29)11-20(26)30-4/h5-10,13H,11H2,1-4H3,(H,24,27)/t13-/m1/s1. The van der Waals surface area contributed by atoms with Gasteiger partial charge < -0.3 is 14.6 Å². The van der Waals surface area contributed by atoms with Crippen molar-refractivity contribution in [1.29, 1.82) is 0 Å². The molecule has 31 heavy (non-hydrogen) atoms. The van der Waals surface area contributed by atoms with Gasteiger partial charge in [0.05, 0.1) is 34.3 Å². The molecule has 1 aromatic carbocycles. The predicted molar refractivity (Wildman–Crippen MR) is 117 cm³/mol. The number of methoxy groups -OCH3 is 1. The molecular formula is C21H22ClN3O5S. The summed E-state index contributed by atoms with van der Waals surface area (Å²) in [6.45, 7) is 3.67. The number of amides is 1. The molecule has 0 aliphatic rings. The minimum atomic E-state index is -3.85. The summed E-state index contributed by atoms with van der Waals surface area (Å²) >= 11 is 6.31. The molecule has 0 spiro atoms. The van der Waals surface area contributed by atoms with Crippen molar-refractivity contribution in [3.8, 4) is 0 Å². The number of aryl methyl sites for hydroxylation is 2. The molecule has 10 heteroatoms. The summed E-state index contributed by atoms with van der Waals surface area (Å²) in [4.78, 5) is 28.2. The number of benzene rings is 1. The highest BCUT2D eigenvalue weighted by atomic mass is 35.5. The first-order chi connectivity index (χ1) is 14.5. The Bertz CT molecular complexity index is 1270. The van der Waals surface area contributed by atoms with Gasteiger partial charge in [0.2, 0.25) is 0 Å². The minimum absolute atomic E-state index is 0.0983. The molecule has 1 atom stereocenters. The quantitative estimate of drug-likeness (QED) is 0.563. The third-order valence-electron chi connectivity index (χ3n) is 4.93. The topological polar surface area (TPSA) is 107 Å². The van der Waals surface area contributed by atoms with Crippen molar-refractivity contribution in [2.75, 3.05) is 12.9 Å². The molecular weight excluding hydrogens is 442 g/mol.